The van der Waals surface area contributed by atoms with Crippen LogP contribution in [0.25, 0.3) is 0 Å². The molecule has 27 heavy (non-hydrogen) atoms. The number of hydrogen-bond acceptors (Lipinski definition) is 4. The van der Waals surface area contributed by atoms with Crippen molar-refractivity contribution in [3.05, 3.63) is 53.1 Å². The highest BCUT2D eigenvalue weighted by atomic mass is 35.5. The van der Waals surface area contributed by atoms with Crippen molar-refractivity contribution in [2.24, 2.45) is 0 Å². The van der Waals surface area contributed by atoms with E-state index in [1.807, 2.05) is 13.0 Å². The Hall–Kier alpha value is -2.25. The molecule has 2 fully saturated rings. The van der Waals surface area contributed by atoms with Gasteiger partial charge in [0.15, 0.2) is 9.84 Å². The van der Waals surface area contributed by atoms with Crippen molar-refractivity contribution < 1.29 is 17.9 Å². The van der Waals surface area contributed by atoms with Crippen LogP contribution in [-0.2, 0) is 9.84 Å². The van der Waals surface area contributed by atoms with E-state index in [0.29, 0.717) is 22.1 Å². The lowest BCUT2D eigenvalue weighted by atomic mass is 10.1. The molecule has 2 amide bonds. The van der Waals surface area contributed by atoms with Crippen molar-refractivity contribution in [1.29, 1.82) is 0 Å². The smallest absolute Gasteiger partial charge is 0.329 e. The minimum absolute atomic E-state index is 0.0501. The third-order valence-electron chi connectivity index (χ3n) is 5.15. The molecule has 2 aromatic carbocycles. The van der Waals surface area contributed by atoms with E-state index in [9.17, 15) is 13.2 Å². The minimum Gasteiger partial charge on any atom is -0.497 e. The van der Waals surface area contributed by atoms with Crippen LogP contribution in [-0.4, -0.2) is 45.1 Å². The summed E-state index contributed by atoms with van der Waals surface area (Å²) in [5.74, 6) is 0.566. The molecule has 0 aromatic heterocycles. The Morgan fingerprint density at radius 1 is 1.00 bits per heavy atom. The summed E-state index contributed by atoms with van der Waals surface area (Å²) in [5, 5.41) is 0.542. The van der Waals surface area contributed by atoms with Crippen molar-refractivity contribution in [1.82, 2.24) is 0 Å². The highest BCUT2D eigenvalue weighted by molar-refractivity contribution is 7.91. The molecule has 0 bridgehead atoms. The quantitative estimate of drug-likeness (QED) is 0.734. The molecule has 0 saturated carbocycles. The van der Waals surface area contributed by atoms with Gasteiger partial charge in [0.05, 0.1) is 30.7 Å². The molecule has 2 aliphatic heterocycles. The van der Waals surface area contributed by atoms with E-state index < -0.39 is 21.9 Å². The zero-order valence-corrected chi connectivity index (χ0v) is 16.5. The Labute approximate surface area is 163 Å². The summed E-state index contributed by atoms with van der Waals surface area (Å²) >= 11 is 6.24. The SMILES string of the molecule is COc1ccc(N2C(=O)N(c3ccc(C)c(Cl)c3)[C@@H]3CS(=O)(=O)C[C@@H]32)cc1. The third-order valence-corrected chi connectivity index (χ3v) is 7.26. The predicted molar refractivity (Wildman–Crippen MR) is 106 cm³/mol. The second kappa shape index (κ2) is 6.42. The number of halogens is 1. The van der Waals surface area contributed by atoms with Gasteiger partial charge in [0.25, 0.3) is 0 Å². The maximum Gasteiger partial charge on any atom is 0.329 e. The maximum absolute atomic E-state index is 13.3. The van der Waals surface area contributed by atoms with Crippen LogP contribution in [0, 0.1) is 6.92 Å². The number of anilines is 2. The average Bonchev–Trinajstić information content (AvgIpc) is 3.06. The van der Waals surface area contributed by atoms with Gasteiger partial charge in [-0.15, -0.1) is 0 Å². The summed E-state index contributed by atoms with van der Waals surface area (Å²) in [6.45, 7) is 1.88. The van der Waals surface area contributed by atoms with Gasteiger partial charge in [-0.05, 0) is 48.9 Å². The van der Waals surface area contributed by atoms with Crippen LogP contribution < -0.4 is 14.5 Å². The van der Waals surface area contributed by atoms with Gasteiger partial charge in [0.2, 0.25) is 0 Å². The molecule has 6 nitrogen and oxygen atoms in total. The summed E-state index contributed by atoms with van der Waals surface area (Å²) in [5.41, 5.74) is 2.15. The van der Waals surface area contributed by atoms with Crippen LogP contribution in [0.4, 0.5) is 16.2 Å². The molecule has 0 N–H and O–H groups in total. The Morgan fingerprint density at radius 2 is 1.56 bits per heavy atom. The summed E-state index contributed by atoms with van der Waals surface area (Å²) < 4.78 is 29.8. The van der Waals surface area contributed by atoms with Gasteiger partial charge in [-0.2, -0.15) is 0 Å². The molecule has 0 unspecified atom stereocenters. The first-order valence-electron chi connectivity index (χ1n) is 8.54. The second-order valence-corrected chi connectivity index (χ2v) is 9.43. The molecule has 2 aliphatic rings. The largest absolute Gasteiger partial charge is 0.497 e. The van der Waals surface area contributed by atoms with Crippen LogP contribution >= 0.6 is 11.6 Å². The predicted octanol–water partition coefficient (Wildman–Crippen LogP) is 3.27. The summed E-state index contributed by atoms with van der Waals surface area (Å²) in [6.07, 6.45) is 0. The number of benzene rings is 2. The van der Waals surface area contributed by atoms with Gasteiger partial charge in [-0.25, -0.2) is 13.2 Å². The fourth-order valence-electron chi connectivity index (χ4n) is 3.78. The van der Waals surface area contributed by atoms with E-state index in [4.69, 9.17) is 16.3 Å². The number of hydrogen-bond donors (Lipinski definition) is 0. The molecule has 0 aliphatic carbocycles. The van der Waals surface area contributed by atoms with E-state index in [-0.39, 0.29) is 17.5 Å². The average molecular weight is 407 g/mol. The summed E-state index contributed by atoms with van der Waals surface area (Å²) in [7, 11) is -1.67. The lowest BCUT2D eigenvalue weighted by Gasteiger charge is -2.23. The number of nitrogens with zero attached hydrogens (tertiary/aromatic N) is 2. The Kier molecular flexibility index (Phi) is 4.31. The molecule has 2 saturated heterocycles. The van der Waals surface area contributed by atoms with Gasteiger partial charge in [-0.3, -0.25) is 9.80 Å². The number of fused-ring (bicyclic) bond motifs is 1. The van der Waals surface area contributed by atoms with Crippen molar-refractivity contribution in [2.45, 2.75) is 19.0 Å². The fraction of sp³-hybridized carbons (Fsp3) is 0.316. The van der Waals surface area contributed by atoms with Gasteiger partial charge < -0.3 is 4.74 Å². The lowest BCUT2D eigenvalue weighted by molar-refractivity contribution is 0.255. The van der Waals surface area contributed by atoms with Crippen LogP contribution in [0.2, 0.25) is 5.02 Å². The van der Waals surface area contributed by atoms with Gasteiger partial charge in [0, 0.05) is 16.4 Å². The van der Waals surface area contributed by atoms with Gasteiger partial charge in [0.1, 0.15) is 5.75 Å². The Bertz CT molecular complexity index is 1010. The van der Waals surface area contributed by atoms with E-state index >= 15 is 0 Å². The van der Waals surface area contributed by atoms with Gasteiger partial charge in [-0.1, -0.05) is 17.7 Å². The number of carbonyl (C=O) groups is 1. The Morgan fingerprint density at radius 3 is 2.11 bits per heavy atom. The van der Waals surface area contributed by atoms with Crippen LogP contribution in [0.15, 0.2) is 42.5 Å². The lowest BCUT2D eigenvalue weighted by Crippen LogP contribution is -2.37. The zero-order valence-electron chi connectivity index (χ0n) is 14.9. The first kappa shape index (κ1) is 18.1. The van der Waals surface area contributed by atoms with Crippen molar-refractivity contribution in [3.8, 4) is 5.75 Å². The maximum atomic E-state index is 13.3. The van der Waals surface area contributed by atoms with E-state index in [2.05, 4.69) is 0 Å². The minimum atomic E-state index is -3.24. The normalized spacial score (nSPS) is 23.6. The number of urea groups is 1. The molecule has 4 rings (SSSR count). The monoisotopic (exact) mass is 406 g/mol. The van der Waals surface area contributed by atoms with Crippen molar-refractivity contribution in [3.63, 3.8) is 0 Å². The molecule has 0 spiro atoms. The molecule has 2 atom stereocenters. The first-order chi connectivity index (χ1) is 12.8. The van der Waals surface area contributed by atoms with Crippen LogP contribution in [0.1, 0.15) is 5.56 Å². The highest BCUT2D eigenvalue weighted by Gasteiger charge is 2.54. The number of amides is 2. The van der Waals surface area contributed by atoms with Gasteiger partial charge >= 0.3 is 6.03 Å². The molecule has 8 heteroatoms. The van der Waals surface area contributed by atoms with Crippen LogP contribution in [0.5, 0.6) is 5.75 Å². The topological polar surface area (TPSA) is 66.9 Å². The zero-order chi connectivity index (χ0) is 19.3. The summed E-state index contributed by atoms with van der Waals surface area (Å²) in [4.78, 5) is 16.4. The standard InChI is InChI=1S/C19H19ClN2O4S/c1-12-3-4-14(9-16(12)20)22-18-11-27(24,25)10-17(18)21(19(22)23)13-5-7-15(26-2)8-6-13/h3-9,17-18H,10-11H2,1-2H3/t17-,18+/m0/s1. The van der Waals surface area contributed by atoms with E-state index in [1.54, 1.807) is 53.3 Å². The molecular formula is C19H19ClN2O4S. The Balaban J connectivity index is 1.78. The fourth-order valence-corrected chi connectivity index (χ4v) is 5.88. The summed E-state index contributed by atoms with van der Waals surface area (Å²) in [6, 6.07) is 11.3. The molecule has 142 valence electrons. The number of rotatable bonds is 3. The number of carbonyl (C=O) groups excluding carboxylic acids is 1. The highest BCUT2D eigenvalue weighted by Crippen LogP contribution is 2.39. The van der Waals surface area contributed by atoms with E-state index in [0.717, 1.165) is 5.56 Å². The van der Waals surface area contributed by atoms with E-state index in [1.165, 1.54) is 0 Å². The first-order valence-corrected chi connectivity index (χ1v) is 10.7. The number of methoxy groups -OCH3 is 1. The number of ether oxygens (including phenoxy) is 1. The third kappa shape index (κ3) is 3.04. The molecule has 2 heterocycles. The number of aryl methyl sites for hydroxylation is 1. The number of sulfone groups is 1. The second-order valence-electron chi connectivity index (χ2n) is 6.87. The van der Waals surface area contributed by atoms with Crippen LogP contribution in [0.3, 0.4) is 0 Å². The van der Waals surface area contributed by atoms with Crippen molar-refractivity contribution in [2.75, 3.05) is 28.4 Å². The van der Waals surface area contributed by atoms with Crippen molar-refractivity contribution >= 4 is 38.8 Å². The molecule has 2 aromatic rings. The molecule has 0 radical (unpaired) electrons. The molecular weight excluding hydrogens is 388 g/mol.